The lowest BCUT2D eigenvalue weighted by atomic mass is 10.1. The van der Waals surface area contributed by atoms with Crippen LogP contribution in [0.1, 0.15) is 23.7 Å². The molecule has 0 bridgehead atoms. The summed E-state index contributed by atoms with van der Waals surface area (Å²) in [5.74, 6) is 0.783. The van der Waals surface area contributed by atoms with Crippen LogP contribution in [-0.4, -0.2) is 17.7 Å². The number of ether oxygens (including phenoxy) is 1. The van der Waals surface area contributed by atoms with Crippen molar-refractivity contribution in [3.63, 3.8) is 0 Å². The van der Waals surface area contributed by atoms with E-state index in [-0.39, 0.29) is 5.91 Å². The van der Waals surface area contributed by atoms with Crippen molar-refractivity contribution in [1.29, 1.82) is 0 Å². The van der Waals surface area contributed by atoms with Gasteiger partial charge in [-0.2, -0.15) is 0 Å². The van der Waals surface area contributed by atoms with Crippen molar-refractivity contribution in [3.05, 3.63) is 64.6 Å². The maximum atomic E-state index is 12.3. The van der Waals surface area contributed by atoms with Crippen molar-refractivity contribution in [1.82, 2.24) is 5.16 Å². The van der Waals surface area contributed by atoms with Crippen molar-refractivity contribution in [2.24, 2.45) is 0 Å². The lowest BCUT2D eigenvalue weighted by molar-refractivity contribution is 0.102. The molecule has 0 aliphatic carbocycles. The number of carbonyl (C=O) groups is 1. The molecule has 25 heavy (non-hydrogen) atoms. The smallest absolute Gasteiger partial charge is 0.258 e. The highest BCUT2D eigenvalue weighted by atomic mass is 79.9. The summed E-state index contributed by atoms with van der Waals surface area (Å²) in [7, 11) is 0. The van der Waals surface area contributed by atoms with E-state index in [0.717, 1.165) is 22.2 Å². The highest BCUT2D eigenvalue weighted by Gasteiger charge is 2.11. The Morgan fingerprint density at radius 1 is 1.16 bits per heavy atom. The fourth-order valence-electron chi connectivity index (χ4n) is 2.20. The molecule has 5 nitrogen and oxygen atoms in total. The van der Waals surface area contributed by atoms with Crippen molar-refractivity contribution in [2.75, 3.05) is 11.9 Å². The number of nitrogens with zero attached hydrogens (tertiary/aromatic N) is 1. The summed E-state index contributed by atoms with van der Waals surface area (Å²) in [6.45, 7) is 2.70. The van der Waals surface area contributed by atoms with Crippen LogP contribution in [0.15, 0.2) is 63.6 Å². The molecule has 0 fully saturated rings. The predicted molar refractivity (Wildman–Crippen MR) is 99.8 cm³/mol. The van der Waals surface area contributed by atoms with E-state index in [4.69, 9.17) is 9.26 Å². The molecule has 0 atom stereocenters. The third-order valence-electron chi connectivity index (χ3n) is 3.48. The first-order chi connectivity index (χ1) is 12.2. The molecule has 0 saturated heterocycles. The molecular weight excluding hydrogens is 384 g/mol. The number of rotatable bonds is 6. The molecular formula is C19H17BrN2O3. The standard InChI is InChI=1S/C19H17BrN2O3/c1-2-11-24-16-9-5-14(6-10-16)19(23)21-18-12-17(22-25-18)13-3-7-15(20)8-4-13/h3-10,12H,2,11H2,1H3,(H,21,23). The number of aromatic nitrogens is 1. The number of hydrogen-bond donors (Lipinski definition) is 1. The molecule has 1 aromatic heterocycles. The minimum atomic E-state index is -0.263. The molecule has 3 aromatic rings. The van der Waals surface area contributed by atoms with Crippen LogP contribution < -0.4 is 10.1 Å². The predicted octanol–water partition coefficient (Wildman–Crippen LogP) is 5.15. The first-order valence-corrected chi connectivity index (χ1v) is 8.72. The van der Waals surface area contributed by atoms with E-state index >= 15 is 0 Å². The Hall–Kier alpha value is -2.60. The van der Waals surface area contributed by atoms with E-state index < -0.39 is 0 Å². The summed E-state index contributed by atoms with van der Waals surface area (Å²) >= 11 is 3.39. The summed E-state index contributed by atoms with van der Waals surface area (Å²) in [6.07, 6.45) is 0.939. The van der Waals surface area contributed by atoms with E-state index in [1.54, 1.807) is 30.3 Å². The highest BCUT2D eigenvalue weighted by molar-refractivity contribution is 9.10. The number of nitrogens with one attached hydrogen (secondary N) is 1. The highest BCUT2D eigenvalue weighted by Crippen LogP contribution is 2.24. The van der Waals surface area contributed by atoms with Gasteiger partial charge in [0.15, 0.2) is 0 Å². The maximum absolute atomic E-state index is 12.3. The van der Waals surface area contributed by atoms with Gasteiger partial charge in [-0.05, 0) is 42.8 Å². The first-order valence-electron chi connectivity index (χ1n) is 7.92. The van der Waals surface area contributed by atoms with Crippen LogP contribution >= 0.6 is 15.9 Å². The van der Waals surface area contributed by atoms with Gasteiger partial charge in [0.05, 0.1) is 6.61 Å². The third kappa shape index (κ3) is 4.48. The van der Waals surface area contributed by atoms with Crippen LogP contribution in [-0.2, 0) is 0 Å². The lowest BCUT2D eigenvalue weighted by Gasteiger charge is -2.05. The quantitative estimate of drug-likeness (QED) is 0.621. The zero-order valence-corrected chi connectivity index (χ0v) is 15.2. The number of benzene rings is 2. The van der Waals surface area contributed by atoms with E-state index in [1.165, 1.54) is 0 Å². The zero-order chi connectivity index (χ0) is 17.6. The summed E-state index contributed by atoms with van der Waals surface area (Å²) in [5, 5.41) is 6.69. The molecule has 0 aliphatic heterocycles. The van der Waals surface area contributed by atoms with E-state index in [9.17, 15) is 4.79 Å². The van der Waals surface area contributed by atoms with Crippen LogP contribution in [0.4, 0.5) is 5.88 Å². The number of hydrogen-bond acceptors (Lipinski definition) is 4. The van der Waals surface area contributed by atoms with Gasteiger partial charge in [0.2, 0.25) is 5.88 Å². The van der Waals surface area contributed by atoms with Crippen LogP contribution in [0, 0.1) is 0 Å². The average Bonchev–Trinajstić information content (AvgIpc) is 3.09. The normalized spacial score (nSPS) is 10.5. The second-order valence-electron chi connectivity index (χ2n) is 5.41. The molecule has 6 heteroatoms. The van der Waals surface area contributed by atoms with E-state index in [0.29, 0.717) is 23.7 Å². The number of amides is 1. The number of carbonyl (C=O) groups excluding carboxylic acids is 1. The Kier molecular flexibility index (Phi) is 5.50. The second-order valence-corrected chi connectivity index (χ2v) is 6.33. The first kappa shape index (κ1) is 17.2. The van der Waals surface area contributed by atoms with Crippen molar-refractivity contribution in [2.45, 2.75) is 13.3 Å². The molecule has 0 spiro atoms. The van der Waals surface area contributed by atoms with Gasteiger partial charge in [-0.25, -0.2) is 0 Å². The summed E-state index contributed by atoms with van der Waals surface area (Å²) in [6, 6.07) is 16.4. The van der Waals surface area contributed by atoms with Gasteiger partial charge in [-0.3, -0.25) is 10.1 Å². The SMILES string of the molecule is CCCOc1ccc(C(=O)Nc2cc(-c3ccc(Br)cc3)no2)cc1. The van der Waals surface area contributed by atoms with Gasteiger partial charge >= 0.3 is 0 Å². The van der Waals surface area contributed by atoms with Crippen molar-refractivity contribution in [3.8, 4) is 17.0 Å². The van der Waals surface area contributed by atoms with Crippen LogP contribution in [0.25, 0.3) is 11.3 Å². The Balaban J connectivity index is 1.66. The molecule has 0 unspecified atom stereocenters. The molecule has 3 rings (SSSR count). The fraction of sp³-hybridized carbons (Fsp3) is 0.158. The van der Waals surface area contributed by atoms with Gasteiger partial charge < -0.3 is 9.26 Å². The van der Waals surface area contributed by atoms with Crippen molar-refractivity contribution >= 4 is 27.7 Å². The van der Waals surface area contributed by atoms with Gasteiger partial charge in [-0.15, -0.1) is 0 Å². The molecule has 0 saturated carbocycles. The van der Waals surface area contributed by atoms with E-state index in [2.05, 4.69) is 26.4 Å². The molecule has 128 valence electrons. The minimum absolute atomic E-state index is 0.263. The molecule has 1 amide bonds. The average molecular weight is 401 g/mol. The summed E-state index contributed by atoms with van der Waals surface area (Å²) in [4.78, 5) is 12.3. The molecule has 1 N–H and O–H groups in total. The topological polar surface area (TPSA) is 64.4 Å². The number of anilines is 1. The zero-order valence-electron chi connectivity index (χ0n) is 13.7. The lowest BCUT2D eigenvalue weighted by Crippen LogP contribution is -2.11. The van der Waals surface area contributed by atoms with E-state index in [1.807, 2.05) is 31.2 Å². The summed E-state index contributed by atoms with van der Waals surface area (Å²) in [5.41, 5.74) is 2.08. The Morgan fingerprint density at radius 3 is 2.56 bits per heavy atom. The van der Waals surface area contributed by atoms with Gasteiger partial charge in [-0.1, -0.05) is 40.1 Å². The monoisotopic (exact) mass is 400 g/mol. The van der Waals surface area contributed by atoms with Gasteiger partial charge in [0, 0.05) is 21.7 Å². The van der Waals surface area contributed by atoms with Gasteiger partial charge in [0.1, 0.15) is 11.4 Å². The van der Waals surface area contributed by atoms with Gasteiger partial charge in [0.25, 0.3) is 5.91 Å². The van der Waals surface area contributed by atoms with Crippen LogP contribution in [0.5, 0.6) is 5.75 Å². The third-order valence-corrected chi connectivity index (χ3v) is 4.00. The Bertz CT molecular complexity index is 842. The van der Waals surface area contributed by atoms with Crippen LogP contribution in [0.2, 0.25) is 0 Å². The summed E-state index contributed by atoms with van der Waals surface area (Å²) < 4.78 is 11.7. The maximum Gasteiger partial charge on any atom is 0.258 e. The Labute approximate surface area is 154 Å². The molecule has 0 radical (unpaired) electrons. The minimum Gasteiger partial charge on any atom is -0.494 e. The fourth-order valence-corrected chi connectivity index (χ4v) is 2.46. The Morgan fingerprint density at radius 2 is 1.88 bits per heavy atom. The largest absolute Gasteiger partial charge is 0.494 e. The molecule has 2 aromatic carbocycles. The van der Waals surface area contributed by atoms with Crippen LogP contribution in [0.3, 0.4) is 0 Å². The number of halogens is 1. The molecule has 0 aliphatic rings. The second kappa shape index (κ2) is 7.98. The molecule has 1 heterocycles. The van der Waals surface area contributed by atoms with Crippen molar-refractivity contribution < 1.29 is 14.1 Å².